The predicted molar refractivity (Wildman–Crippen MR) is 74.1 cm³/mol. The molecule has 0 saturated heterocycles. The van der Waals surface area contributed by atoms with Crippen LogP contribution in [0, 0.1) is 11.3 Å². The van der Waals surface area contributed by atoms with Crippen LogP contribution in [0.25, 0.3) is 0 Å². The van der Waals surface area contributed by atoms with E-state index in [1.54, 1.807) is 0 Å². The first kappa shape index (κ1) is 13.9. The first-order valence-corrected chi connectivity index (χ1v) is 6.66. The smallest absolute Gasteiger partial charge is 0.166 e. The van der Waals surface area contributed by atoms with Crippen LogP contribution in [0.2, 0.25) is 0 Å². The molecule has 0 fully saturated rings. The molecule has 20 heavy (non-hydrogen) atoms. The lowest BCUT2D eigenvalue weighted by molar-refractivity contribution is 0.854. The van der Waals surface area contributed by atoms with Crippen LogP contribution in [-0.2, 0) is 19.3 Å². The number of nitriles is 1. The molecule has 0 aliphatic carbocycles. The van der Waals surface area contributed by atoms with Gasteiger partial charge in [0.1, 0.15) is 23.8 Å². The van der Waals surface area contributed by atoms with E-state index in [4.69, 9.17) is 0 Å². The Kier molecular flexibility index (Phi) is 4.60. The van der Waals surface area contributed by atoms with Crippen molar-refractivity contribution in [3.8, 4) is 6.07 Å². The van der Waals surface area contributed by atoms with Crippen molar-refractivity contribution in [1.29, 1.82) is 5.26 Å². The van der Waals surface area contributed by atoms with Crippen molar-refractivity contribution < 1.29 is 0 Å². The predicted octanol–water partition coefficient (Wildman–Crippen LogP) is 1.25. The molecule has 2 N–H and O–H groups in total. The van der Waals surface area contributed by atoms with Gasteiger partial charge in [-0.3, -0.25) is 5.10 Å². The van der Waals surface area contributed by atoms with Gasteiger partial charge in [-0.2, -0.15) is 15.5 Å². The Hall–Kier alpha value is -2.49. The van der Waals surface area contributed by atoms with Gasteiger partial charge < -0.3 is 5.32 Å². The van der Waals surface area contributed by atoms with Crippen LogP contribution in [0.15, 0.2) is 6.33 Å². The summed E-state index contributed by atoms with van der Waals surface area (Å²) in [6.07, 6.45) is 3.71. The van der Waals surface area contributed by atoms with Gasteiger partial charge in [0.2, 0.25) is 0 Å². The lowest BCUT2D eigenvalue weighted by Gasteiger charge is -2.11. The highest BCUT2D eigenvalue weighted by molar-refractivity contribution is 5.56. The third-order valence-corrected chi connectivity index (χ3v) is 3.08. The van der Waals surface area contributed by atoms with Gasteiger partial charge in [-0.1, -0.05) is 13.8 Å². The van der Waals surface area contributed by atoms with E-state index in [1.165, 1.54) is 6.33 Å². The molecule has 0 unspecified atom stereocenters. The first-order chi connectivity index (χ1) is 9.80. The summed E-state index contributed by atoms with van der Waals surface area (Å²) in [4.78, 5) is 4.04. The molecule has 0 aromatic carbocycles. The molecule has 2 heterocycles. The highest BCUT2D eigenvalue weighted by atomic mass is 15.2. The third kappa shape index (κ3) is 2.91. The van der Waals surface area contributed by atoms with E-state index in [0.717, 1.165) is 29.9 Å². The zero-order valence-electron chi connectivity index (χ0n) is 11.6. The Morgan fingerprint density at radius 3 is 2.75 bits per heavy atom. The summed E-state index contributed by atoms with van der Waals surface area (Å²) in [6.45, 7) is 4.66. The Labute approximate surface area is 117 Å². The summed E-state index contributed by atoms with van der Waals surface area (Å²) in [7, 11) is 0. The molecule has 0 aliphatic heterocycles. The minimum Gasteiger partial charge on any atom is -0.367 e. The second-order valence-electron chi connectivity index (χ2n) is 4.28. The molecule has 0 atom stereocenters. The number of aryl methyl sites for hydroxylation is 1. The molecule has 7 nitrogen and oxygen atoms in total. The molecule has 7 heteroatoms. The normalized spacial score (nSPS) is 10.2. The minimum atomic E-state index is 0.543. The zero-order chi connectivity index (χ0) is 14.4. The van der Waals surface area contributed by atoms with Crippen LogP contribution in [0.3, 0.4) is 0 Å². The van der Waals surface area contributed by atoms with E-state index in [9.17, 15) is 5.26 Å². The second kappa shape index (κ2) is 6.61. The lowest BCUT2D eigenvalue weighted by atomic mass is 10.0. The first-order valence-electron chi connectivity index (χ1n) is 6.66. The molecule has 0 spiro atoms. The van der Waals surface area contributed by atoms with E-state index in [2.05, 4.69) is 36.8 Å². The summed E-state index contributed by atoms with van der Waals surface area (Å²) >= 11 is 0. The van der Waals surface area contributed by atoms with Crippen LogP contribution in [0.5, 0.6) is 0 Å². The second-order valence-corrected chi connectivity index (χ2v) is 4.28. The maximum Gasteiger partial charge on any atom is 0.166 e. The molecule has 0 aliphatic rings. The van der Waals surface area contributed by atoms with E-state index in [1.807, 2.05) is 13.8 Å². The van der Waals surface area contributed by atoms with Crippen molar-refractivity contribution in [3.05, 3.63) is 29.0 Å². The van der Waals surface area contributed by atoms with E-state index in [-0.39, 0.29) is 0 Å². The average Bonchev–Trinajstić information content (AvgIpc) is 2.99. The summed E-state index contributed by atoms with van der Waals surface area (Å²) in [5.41, 5.74) is 2.47. The quantitative estimate of drug-likeness (QED) is 0.819. The molecule has 0 radical (unpaired) electrons. The molecular formula is C13H17N7. The highest BCUT2D eigenvalue weighted by Crippen LogP contribution is 2.19. The fraction of sp³-hybridized carbons (Fsp3) is 0.462. The molecule has 2 aromatic heterocycles. The van der Waals surface area contributed by atoms with Gasteiger partial charge in [-0.15, -0.1) is 5.10 Å². The van der Waals surface area contributed by atoms with Crippen molar-refractivity contribution >= 4 is 5.82 Å². The summed E-state index contributed by atoms with van der Waals surface area (Å²) in [5, 5.41) is 27.4. The minimum absolute atomic E-state index is 0.543. The van der Waals surface area contributed by atoms with Gasteiger partial charge in [0.25, 0.3) is 0 Å². The average molecular weight is 271 g/mol. The fourth-order valence-electron chi connectivity index (χ4n) is 2.07. The summed E-state index contributed by atoms with van der Waals surface area (Å²) in [5.74, 6) is 1.34. The largest absolute Gasteiger partial charge is 0.367 e. The van der Waals surface area contributed by atoms with Crippen molar-refractivity contribution in [2.75, 3.05) is 11.9 Å². The summed E-state index contributed by atoms with van der Waals surface area (Å²) < 4.78 is 0. The highest BCUT2D eigenvalue weighted by Gasteiger charge is 2.13. The summed E-state index contributed by atoms with van der Waals surface area (Å²) in [6, 6.07) is 2.23. The third-order valence-electron chi connectivity index (χ3n) is 3.08. The van der Waals surface area contributed by atoms with Gasteiger partial charge in [-0.25, -0.2) is 4.98 Å². The Bertz CT molecular complexity index is 598. The van der Waals surface area contributed by atoms with Gasteiger partial charge in [0, 0.05) is 13.0 Å². The van der Waals surface area contributed by atoms with Crippen molar-refractivity contribution in [2.24, 2.45) is 0 Å². The molecular weight excluding hydrogens is 254 g/mol. The number of aromatic amines is 1. The maximum atomic E-state index is 9.35. The maximum absolute atomic E-state index is 9.35. The monoisotopic (exact) mass is 271 g/mol. The SMILES string of the molecule is CCc1nnc(NCCc2ncn[nH]2)c(C#N)c1CC. The standard InChI is InChI=1S/C13H17N7/c1-3-9-10(7-14)13(20-18-11(9)4-2)15-6-5-12-16-8-17-19-12/h8H,3-6H2,1-2H3,(H,15,20)(H,16,17,19). The van der Waals surface area contributed by atoms with Crippen molar-refractivity contribution in [3.63, 3.8) is 0 Å². The molecule has 0 amide bonds. The van der Waals surface area contributed by atoms with Crippen LogP contribution in [0.4, 0.5) is 5.82 Å². The molecule has 0 saturated carbocycles. The number of nitrogens with zero attached hydrogens (tertiary/aromatic N) is 5. The molecule has 2 aromatic rings. The number of hydrogen-bond acceptors (Lipinski definition) is 6. The van der Waals surface area contributed by atoms with Crippen molar-refractivity contribution in [1.82, 2.24) is 25.4 Å². The number of aromatic nitrogens is 5. The topological polar surface area (TPSA) is 103 Å². The van der Waals surface area contributed by atoms with E-state index < -0.39 is 0 Å². The number of nitrogens with one attached hydrogen (secondary N) is 2. The van der Waals surface area contributed by atoms with Gasteiger partial charge >= 0.3 is 0 Å². The van der Waals surface area contributed by atoms with Gasteiger partial charge in [-0.05, 0) is 18.4 Å². The van der Waals surface area contributed by atoms with Crippen LogP contribution >= 0.6 is 0 Å². The number of anilines is 1. The van der Waals surface area contributed by atoms with Crippen LogP contribution < -0.4 is 5.32 Å². The van der Waals surface area contributed by atoms with Crippen LogP contribution in [0.1, 0.15) is 36.5 Å². The Balaban J connectivity index is 2.13. The van der Waals surface area contributed by atoms with Crippen LogP contribution in [-0.4, -0.2) is 31.9 Å². The number of rotatable bonds is 6. The molecule has 0 bridgehead atoms. The Morgan fingerprint density at radius 1 is 1.30 bits per heavy atom. The lowest BCUT2D eigenvalue weighted by Crippen LogP contribution is -2.12. The number of H-pyrrole nitrogens is 1. The zero-order valence-corrected chi connectivity index (χ0v) is 11.6. The van der Waals surface area contributed by atoms with Gasteiger partial charge in [0.15, 0.2) is 5.82 Å². The van der Waals surface area contributed by atoms with Gasteiger partial charge in [0.05, 0.1) is 5.69 Å². The Morgan fingerprint density at radius 2 is 2.15 bits per heavy atom. The van der Waals surface area contributed by atoms with Crippen molar-refractivity contribution in [2.45, 2.75) is 33.1 Å². The number of hydrogen-bond donors (Lipinski definition) is 2. The van der Waals surface area contributed by atoms with E-state index in [0.29, 0.717) is 24.3 Å². The molecule has 104 valence electrons. The van der Waals surface area contributed by atoms with E-state index >= 15 is 0 Å². The molecule has 2 rings (SSSR count). The fourth-order valence-corrected chi connectivity index (χ4v) is 2.07.